The van der Waals surface area contributed by atoms with E-state index >= 15 is 0 Å². The molecule has 1 aliphatic heterocycles. The molecule has 1 atom stereocenters. The molecule has 0 spiro atoms. The number of rotatable bonds is 3. The van der Waals surface area contributed by atoms with Gasteiger partial charge in [0.05, 0.1) is 6.04 Å². The van der Waals surface area contributed by atoms with E-state index in [1.807, 2.05) is 0 Å². The number of amidine groups is 1. The summed E-state index contributed by atoms with van der Waals surface area (Å²) in [5.74, 6) is 0.362. The molecule has 15 heavy (non-hydrogen) atoms. The fraction of sp³-hybridized carbons (Fsp3) is 0.909. The van der Waals surface area contributed by atoms with Crippen LogP contribution in [0.3, 0.4) is 0 Å². The molecule has 0 aromatic heterocycles. The lowest BCUT2D eigenvalue weighted by molar-refractivity contribution is 0.238. The van der Waals surface area contributed by atoms with Crippen molar-refractivity contribution in [2.24, 2.45) is 16.3 Å². The predicted molar refractivity (Wildman–Crippen MR) is 62.1 cm³/mol. The standard InChI is InChI=1S/C11H23N3O/c1-11(2,3)6-8-14-7-4-5-9(14)10(12)13-15/h9,15H,4-8H2,1-3H3,(H2,12,13). The van der Waals surface area contributed by atoms with Crippen molar-refractivity contribution in [2.45, 2.75) is 46.1 Å². The van der Waals surface area contributed by atoms with E-state index in [-0.39, 0.29) is 6.04 Å². The van der Waals surface area contributed by atoms with Gasteiger partial charge in [-0.25, -0.2) is 0 Å². The monoisotopic (exact) mass is 213 g/mol. The van der Waals surface area contributed by atoms with Crippen LogP contribution in [0.15, 0.2) is 5.16 Å². The lowest BCUT2D eigenvalue weighted by Crippen LogP contribution is -2.41. The van der Waals surface area contributed by atoms with Gasteiger partial charge < -0.3 is 10.9 Å². The van der Waals surface area contributed by atoms with Crippen LogP contribution in [0, 0.1) is 5.41 Å². The first-order valence-electron chi connectivity index (χ1n) is 5.65. The van der Waals surface area contributed by atoms with E-state index in [0.29, 0.717) is 11.3 Å². The molecular weight excluding hydrogens is 190 g/mol. The Kier molecular flexibility index (Phi) is 3.97. The molecular formula is C11H23N3O. The normalized spacial score (nSPS) is 24.7. The summed E-state index contributed by atoms with van der Waals surface area (Å²) in [7, 11) is 0. The summed E-state index contributed by atoms with van der Waals surface area (Å²) in [5.41, 5.74) is 6.01. The van der Waals surface area contributed by atoms with Gasteiger partial charge in [0.2, 0.25) is 0 Å². The van der Waals surface area contributed by atoms with Gasteiger partial charge in [0.1, 0.15) is 0 Å². The highest BCUT2D eigenvalue weighted by Gasteiger charge is 2.28. The maximum absolute atomic E-state index is 8.68. The predicted octanol–water partition coefficient (Wildman–Crippen LogP) is 1.63. The van der Waals surface area contributed by atoms with E-state index in [1.54, 1.807) is 0 Å². The van der Waals surface area contributed by atoms with Crippen molar-refractivity contribution in [3.05, 3.63) is 0 Å². The Morgan fingerprint density at radius 1 is 1.53 bits per heavy atom. The number of hydrogen-bond acceptors (Lipinski definition) is 3. The molecule has 0 bridgehead atoms. The van der Waals surface area contributed by atoms with Crippen molar-refractivity contribution >= 4 is 5.84 Å². The summed E-state index contributed by atoms with van der Waals surface area (Å²) < 4.78 is 0. The summed E-state index contributed by atoms with van der Waals surface area (Å²) in [4.78, 5) is 2.32. The van der Waals surface area contributed by atoms with Gasteiger partial charge in [-0.15, -0.1) is 0 Å². The van der Waals surface area contributed by atoms with Gasteiger partial charge in [-0.3, -0.25) is 4.90 Å². The van der Waals surface area contributed by atoms with Gasteiger partial charge in [-0.05, 0) is 37.8 Å². The summed E-state index contributed by atoms with van der Waals surface area (Å²) >= 11 is 0. The summed E-state index contributed by atoms with van der Waals surface area (Å²) in [6.07, 6.45) is 3.30. The lowest BCUT2D eigenvalue weighted by atomic mass is 9.92. The first kappa shape index (κ1) is 12.3. The average molecular weight is 213 g/mol. The summed E-state index contributed by atoms with van der Waals surface area (Å²) in [6.45, 7) is 8.81. The van der Waals surface area contributed by atoms with Crippen molar-refractivity contribution in [3.63, 3.8) is 0 Å². The van der Waals surface area contributed by atoms with E-state index in [2.05, 4.69) is 30.8 Å². The third-order valence-corrected chi connectivity index (χ3v) is 2.97. The number of likely N-dealkylation sites (tertiary alicyclic amines) is 1. The van der Waals surface area contributed by atoms with Gasteiger partial charge in [0.25, 0.3) is 0 Å². The molecule has 0 aromatic rings. The molecule has 88 valence electrons. The molecule has 1 heterocycles. The highest BCUT2D eigenvalue weighted by atomic mass is 16.4. The summed E-state index contributed by atoms with van der Waals surface area (Å²) in [5, 5.41) is 11.8. The molecule has 0 amide bonds. The topological polar surface area (TPSA) is 61.8 Å². The Bertz CT molecular complexity index is 232. The first-order valence-corrected chi connectivity index (χ1v) is 5.65. The summed E-state index contributed by atoms with van der Waals surface area (Å²) in [6, 6.07) is 0.150. The fourth-order valence-corrected chi connectivity index (χ4v) is 1.97. The minimum atomic E-state index is 0.150. The molecule has 0 aliphatic carbocycles. The SMILES string of the molecule is CC(C)(C)CCN1CCCC1C(N)=NO. The number of nitrogens with two attached hydrogens (primary N) is 1. The van der Waals surface area contributed by atoms with Gasteiger partial charge in [-0.1, -0.05) is 25.9 Å². The van der Waals surface area contributed by atoms with Crippen LogP contribution in [0.5, 0.6) is 0 Å². The molecule has 1 fully saturated rings. The van der Waals surface area contributed by atoms with Gasteiger partial charge in [0, 0.05) is 0 Å². The molecule has 1 saturated heterocycles. The number of hydrogen-bond donors (Lipinski definition) is 2. The average Bonchev–Trinajstić information content (AvgIpc) is 2.60. The van der Waals surface area contributed by atoms with Crippen molar-refractivity contribution < 1.29 is 5.21 Å². The van der Waals surface area contributed by atoms with Crippen LogP contribution in [-0.2, 0) is 0 Å². The quantitative estimate of drug-likeness (QED) is 0.324. The Morgan fingerprint density at radius 2 is 2.20 bits per heavy atom. The smallest absolute Gasteiger partial charge is 0.156 e. The molecule has 1 unspecified atom stereocenters. The minimum Gasteiger partial charge on any atom is -0.409 e. The van der Waals surface area contributed by atoms with Crippen LogP contribution in [0.2, 0.25) is 0 Å². The van der Waals surface area contributed by atoms with Crippen molar-refractivity contribution in [2.75, 3.05) is 13.1 Å². The van der Waals surface area contributed by atoms with Gasteiger partial charge in [0.15, 0.2) is 5.84 Å². The van der Waals surface area contributed by atoms with Crippen LogP contribution < -0.4 is 5.73 Å². The molecule has 0 saturated carbocycles. The molecule has 0 aromatic carbocycles. The van der Waals surface area contributed by atoms with Gasteiger partial charge >= 0.3 is 0 Å². The molecule has 1 rings (SSSR count). The van der Waals surface area contributed by atoms with Crippen molar-refractivity contribution in [1.82, 2.24) is 4.90 Å². The molecule has 4 nitrogen and oxygen atoms in total. The second-order valence-corrected chi connectivity index (χ2v) is 5.53. The number of oxime groups is 1. The maximum Gasteiger partial charge on any atom is 0.156 e. The van der Waals surface area contributed by atoms with E-state index in [0.717, 1.165) is 32.4 Å². The zero-order valence-electron chi connectivity index (χ0n) is 10.0. The molecule has 3 N–H and O–H groups in total. The van der Waals surface area contributed by atoms with Crippen LogP contribution in [0.1, 0.15) is 40.0 Å². The van der Waals surface area contributed by atoms with Crippen molar-refractivity contribution in [1.29, 1.82) is 0 Å². The Labute approximate surface area is 92.1 Å². The van der Waals surface area contributed by atoms with Crippen LogP contribution >= 0.6 is 0 Å². The highest BCUT2D eigenvalue weighted by molar-refractivity contribution is 5.85. The Hall–Kier alpha value is -0.770. The van der Waals surface area contributed by atoms with Crippen LogP contribution in [-0.4, -0.2) is 35.1 Å². The zero-order chi connectivity index (χ0) is 11.5. The van der Waals surface area contributed by atoms with E-state index in [1.165, 1.54) is 0 Å². The third-order valence-electron chi connectivity index (χ3n) is 2.97. The first-order chi connectivity index (χ1) is 6.94. The molecule has 4 heteroatoms. The molecule has 0 radical (unpaired) electrons. The Balaban J connectivity index is 2.47. The second kappa shape index (κ2) is 4.84. The lowest BCUT2D eigenvalue weighted by Gasteiger charge is -2.27. The maximum atomic E-state index is 8.68. The highest BCUT2D eigenvalue weighted by Crippen LogP contribution is 2.23. The largest absolute Gasteiger partial charge is 0.409 e. The Morgan fingerprint density at radius 3 is 2.73 bits per heavy atom. The fourth-order valence-electron chi connectivity index (χ4n) is 1.97. The van der Waals surface area contributed by atoms with Crippen LogP contribution in [0.25, 0.3) is 0 Å². The minimum absolute atomic E-state index is 0.150. The van der Waals surface area contributed by atoms with E-state index in [4.69, 9.17) is 10.9 Å². The second-order valence-electron chi connectivity index (χ2n) is 5.53. The van der Waals surface area contributed by atoms with E-state index in [9.17, 15) is 0 Å². The molecule has 1 aliphatic rings. The van der Waals surface area contributed by atoms with Crippen molar-refractivity contribution in [3.8, 4) is 0 Å². The van der Waals surface area contributed by atoms with Gasteiger partial charge in [-0.2, -0.15) is 0 Å². The van der Waals surface area contributed by atoms with Crippen LogP contribution in [0.4, 0.5) is 0 Å². The third kappa shape index (κ3) is 3.70. The van der Waals surface area contributed by atoms with E-state index < -0.39 is 0 Å². The number of nitrogens with zero attached hydrogens (tertiary/aromatic N) is 2. The zero-order valence-corrected chi connectivity index (χ0v) is 10.0.